The Morgan fingerprint density at radius 2 is 2.15 bits per heavy atom. The first-order chi connectivity index (χ1) is 13.1. The molecule has 0 bridgehead atoms. The van der Waals surface area contributed by atoms with E-state index in [2.05, 4.69) is 22.0 Å². The maximum atomic E-state index is 6.03. The van der Waals surface area contributed by atoms with Crippen molar-refractivity contribution >= 4 is 50.4 Å². The molecule has 4 aromatic rings. The van der Waals surface area contributed by atoms with Gasteiger partial charge in [-0.05, 0) is 31.2 Å². The fraction of sp³-hybridized carbons (Fsp3) is 0.278. The number of hydrogen-bond donors (Lipinski definition) is 0. The second-order valence-electron chi connectivity index (χ2n) is 6.58. The molecular formula is C18H15Cl2N5OS. The van der Waals surface area contributed by atoms with Gasteiger partial charge in [-0.25, -0.2) is 14.5 Å². The lowest BCUT2D eigenvalue weighted by Gasteiger charge is -2.21. The third-order valence-corrected chi connectivity index (χ3v) is 6.54. The number of aromatic nitrogens is 4. The summed E-state index contributed by atoms with van der Waals surface area (Å²) in [5, 5.41) is 6.59. The minimum Gasteiger partial charge on any atom is -0.485 e. The lowest BCUT2D eigenvalue weighted by Crippen LogP contribution is -2.25. The van der Waals surface area contributed by atoms with E-state index in [9.17, 15) is 0 Å². The highest BCUT2D eigenvalue weighted by molar-refractivity contribution is 7.19. The van der Waals surface area contributed by atoms with Crippen LogP contribution < -0.4 is 4.74 Å². The van der Waals surface area contributed by atoms with Gasteiger partial charge in [0.05, 0.1) is 15.4 Å². The van der Waals surface area contributed by atoms with Crippen molar-refractivity contribution in [3.8, 4) is 5.75 Å². The van der Waals surface area contributed by atoms with Gasteiger partial charge in [-0.3, -0.25) is 0 Å². The standard InChI is InChI=1S/C18H15Cl2N5OS/c1-24-5-4-11-14(7-24)27-18-16(11)17-22-15(23-25(17)9-21-18)8-26-10-2-3-12(19)13(20)6-10/h2-3,6,9H,4-5,7-8H2,1H3. The Balaban J connectivity index is 1.49. The molecule has 1 aliphatic heterocycles. The first-order valence-electron chi connectivity index (χ1n) is 8.49. The van der Waals surface area contributed by atoms with E-state index in [0.29, 0.717) is 21.6 Å². The van der Waals surface area contributed by atoms with Crippen LogP contribution in [0.3, 0.4) is 0 Å². The molecule has 0 saturated heterocycles. The van der Waals surface area contributed by atoms with E-state index < -0.39 is 0 Å². The van der Waals surface area contributed by atoms with Crippen molar-refractivity contribution in [1.29, 1.82) is 0 Å². The van der Waals surface area contributed by atoms with Crippen molar-refractivity contribution < 1.29 is 4.74 Å². The highest BCUT2D eigenvalue weighted by Crippen LogP contribution is 2.35. The number of rotatable bonds is 3. The van der Waals surface area contributed by atoms with Crippen molar-refractivity contribution in [1.82, 2.24) is 24.5 Å². The Hall–Kier alpha value is -1.93. The molecule has 9 heteroatoms. The van der Waals surface area contributed by atoms with E-state index in [1.807, 2.05) is 0 Å². The van der Waals surface area contributed by atoms with Gasteiger partial charge in [0.25, 0.3) is 0 Å². The molecule has 27 heavy (non-hydrogen) atoms. The molecule has 0 amide bonds. The van der Waals surface area contributed by atoms with Gasteiger partial charge in [-0.15, -0.1) is 16.4 Å². The van der Waals surface area contributed by atoms with E-state index >= 15 is 0 Å². The predicted molar refractivity (Wildman–Crippen MR) is 107 cm³/mol. The molecule has 0 spiro atoms. The normalized spacial score (nSPS) is 14.8. The van der Waals surface area contributed by atoms with E-state index in [-0.39, 0.29) is 6.61 Å². The molecule has 0 atom stereocenters. The average Bonchev–Trinajstić information content (AvgIpc) is 3.22. The monoisotopic (exact) mass is 419 g/mol. The van der Waals surface area contributed by atoms with Gasteiger partial charge in [-0.2, -0.15) is 0 Å². The van der Waals surface area contributed by atoms with Gasteiger partial charge in [-0.1, -0.05) is 23.2 Å². The largest absolute Gasteiger partial charge is 0.485 e. The van der Waals surface area contributed by atoms with Gasteiger partial charge in [0.1, 0.15) is 23.5 Å². The highest BCUT2D eigenvalue weighted by atomic mass is 35.5. The second kappa shape index (κ2) is 6.60. The van der Waals surface area contributed by atoms with Crippen LogP contribution in [0.2, 0.25) is 10.0 Å². The van der Waals surface area contributed by atoms with E-state index in [1.165, 1.54) is 10.4 Å². The topological polar surface area (TPSA) is 55.6 Å². The number of nitrogens with zero attached hydrogens (tertiary/aromatic N) is 5. The van der Waals surface area contributed by atoms with Crippen LogP contribution in [0.5, 0.6) is 5.75 Å². The van der Waals surface area contributed by atoms with Gasteiger partial charge < -0.3 is 9.64 Å². The van der Waals surface area contributed by atoms with Crippen LogP contribution in [0.15, 0.2) is 24.5 Å². The molecule has 0 fully saturated rings. The molecule has 1 aliphatic rings. The van der Waals surface area contributed by atoms with Crippen LogP contribution in [0.1, 0.15) is 16.3 Å². The summed E-state index contributed by atoms with van der Waals surface area (Å²) in [5.41, 5.74) is 2.20. The Kier molecular flexibility index (Phi) is 4.20. The first kappa shape index (κ1) is 17.2. The van der Waals surface area contributed by atoms with Gasteiger partial charge in [0, 0.05) is 24.0 Å². The number of halogens is 2. The molecule has 3 aromatic heterocycles. The molecule has 0 saturated carbocycles. The SMILES string of the molecule is CN1CCc2c(sc3ncn4nc(COc5ccc(Cl)c(Cl)c5)nc4c23)C1. The third kappa shape index (κ3) is 3.04. The quantitative estimate of drug-likeness (QED) is 0.497. The summed E-state index contributed by atoms with van der Waals surface area (Å²) in [6.07, 6.45) is 2.73. The van der Waals surface area contributed by atoms with E-state index in [0.717, 1.165) is 35.4 Å². The van der Waals surface area contributed by atoms with Crippen molar-refractivity contribution in [3.63, 3.8) is 0 Å². The second-order valence-corrected chi connectivity index (χ2v) is 8.48. The Morgan fingerprint density at radius 3 is 3.00 bits per heavy atom. The molecular weight excluding hydrogens is 405 g/mol. The number of thiophene rings is 1. The van der Waals surface area contributed by atoms with Crippen LogP contribution in [-0.4, -0.2) is 38.1 Å². The summed E-state index contributed by atoms with van der Waals surface area (Å²) in [6.45, 7) is 2.25. The smallest absolute Gasteiger partial charge is 0.189 e. The average molecular weight is 420 g/mol. The van der Waals surface area contributed by atoms with E-state index in [4.69, 9.17) is 32.9 Å². The minimum atomic E-state index is 0.246. The summed E-state index contributed by atoms with van der Waals surface area (Å²) >= 11 is 13.7. The summed E-state index contributed by atoms with van der Waals surface area (Å²) in [5.74, 6) is 1.23. The molecule has 138 valence electrons. The predicted octanol–water partition coefficient (Wildman–Crippen LogP) is 4.21. The fourth-order valence-corrected chi connectivity index (χ4v) is 4.89. The number of likely N-dealkylation sites (N-methyl/N-ethyl adjacent to an activating group) is 1. The number of hydrogen-bond acceptors (Lipinski definition) is 6. The van der Waals surface area contributed by atoms with Crippen LogP contribution in [0, 0.1) is 0 Å². The summed E-state index contributed by atoms with van der Waals surface area (Å²) in [4.78, 5) is 14.0. The molecule has 0 aliphatic carbocycles. The zero-order valence-electron chi connectivity index (χ0n) is 14.4. The van der Waals surface area contributed by atoms with Gasteiger partial charge in [0.15, 0.2) is 11.5 Å². The zero-order valence-corrected chi connectivity index (χ0v) is 16.8. The maximum Gasteiger partial charge on any atom is 0.189 e. The maximum absolute atomic E-state index is 6.03. The van der Waals surface area contributed by atoms with Crippen molar-refractivity contribution in [2.24, 2.45) is 0 Å². The van der Waals surface area contributed by atoms with Crippen LogP contribution in [0.25, 0.3) is 15.9 Å². The lowest BCUT2D eigenvalue weighted by atomic mass is 10.1. The summed E-state index contributed by atoms with van der Waals surface area (Å²) < 4.78 is 7.51. The molecule has 0 N–H and O–H groups in total. The van der Waals surface area contributed by atoms with Gasteiger partial charge in [0.2, 0.25) is 0 Å². The molecule has 0 unspecified atom stereocenters. The van der Waals surface area contributed by atoms with E-state index in [1.54, 1.807) is 40.4 Å². The van der Waals surface area contributed by atoms with Gasteiger partial charge >= 0.3 is 0 Å². The van der Waals surface area contributed by atoms with Crippen molar-refractivity contribution in [2.45, 2.75) is 19.6 Å². The third-order valence-electron chi connectivity index (χ3n) is 4.67. The van der Waals surface area contributed by atoms with Crippen molar-refractivity contribution in [3.05, 3.63) is 50.8 Å². The van der Waals surface area contributed by atoms with Crippen LogP contribution in [0.4, 0.5) is 0 Å². The Bertz CT molecular complexity index is 1170. The molecule has 5 rings (SSSR count). The minimum absolute atomic E-state index is 0.246. The zero-order chi connectivity index (χ0) is 18.5. The fourth-order valence-electron chi connectivity index (χ4n) is 3.34. The Labute approximate surface area is 169 Å². The molecule has 1 aromatic carbocycles. The Morgan fingerprint density at radius 1 is 1.26 bits per heavy atom. The molecule has 6 nitrogen and oxygen atoms in total. The van der Waals surface area contributed by atoms with Crippen molar-refractivity contribution in [2.75, 3.05) is 13.6 Å². The first-order valence-corrected chi connectivity index (χ1v) is 10.1. The summed E-state index contributed by atoms with van der Waals surface area (Å²) in [6, 6.07) is 5.17. The van der Waals surface area contributed by atoms with Crippen LogP contribution >= 0.6 is 34.5 Å². The van der Waals surface area contributed by atoms with Crippen LogP contribution in [-0.2, 0) is 19.6 Å². The molecule has 0 radical (unpaired) electrons. The molecule has 4 heterocycles. The lowest BCUT2D eigenvalue weighted by molar-refractivity contribution is 0.296. The number of benzene rings is 1. The number of fused-ring (bicyclic) bond motifs is 5. The number of ether oxygens (including phenoxy) is 1. The highest BCUT2D eigenvalue weighted by Gasteiger charge is 2.22. The summed E-state index contributed by atoms with van der Waals surface area (Å²) in [7, 11) is 2.14.